The molecule has 1 aliphatic rings. The van der Waals surface area contributed by atoms with Gasteiger partial charge in [-0.15, -0.1) is 0 Å². The van der Waals surface area contributed by atoms with Gasteiger partial charge in [0.05, 0.1) is 6.42 Å². The fourth-order valence-electron chi connectivity index (χ4n) is 2.14. The fourth-order valence-corrected chi connectivity index (χ4v) is 2.37. The van der Waals surface area contributed by atoms with E-state index in [4.69, 9.17) is 0 Å². The summed E-state index contributed by atoms with van der Waals surface area (Å²) in [6.07, 6.45) is 4.33. The van der Waals surface area contributed by atoms with Gasteiger partial charge in [0.2, 0.25) is 5.91 Å². The number of carbonyl (C=O) groups is 1. The third-order valence-electron chi connectivity index (χ3n) is 3.59. The first-order valence-electron chi connectivity index (χ1n) is 6.34. The van der Waals surface area contributed by atoms with Crippen LogP contribution < -0.4 is 0 Å². The number of likely N-dealkylation sites (tertiary alicyclic amines) is 1. The van der Waals surface area contributed by atoms with E-state index in [1.54, 1.807) is 6.20 Å². The minimum atomic E-state index is 0.195. The van der Waals surface area contributed by atoms with Gasteiger partial charge in [0.1, 0.15) is 0 Å². The largest absolute Gasteiger partial charge is 0.342 e. The minimum absolute atomic E-state index is 0.195. The Morgan fingerprint density at radius 3 is 2.61 bits per heavy atom. The Morgan fingerprint density at radius 2 is 2.06 bits per heavy atom. The average Bonchev–Trinajstić information content (AvgIpc) is 2.32. The number of halogens is 1. The van der Waals surface area contributed by atoms with Crippen molar-refractivity contribution >= 4 is 21.8 Å². The highest BCUT2D eigenvalue weighted by atomic mass is 79.9. The molecule has 0 aromatic carbocycles. The summed E-state index contributed by atoms with van der Waals surface area (Å²) < 4.78 is 0.943. The molecule has 0 aliphatic carbocycles. The fraction of sp³-hybridized carbons (Fsp3) is 0.571. The minimum Gasteiger partial charge on any atom is -0.342 e. The lowest BCUT2D eigenvalue weighted by Crippen LogP contribution is -2.41. The summed E-state index contributed by atoms with van der Waals surface area (Å²) in [4.78, 5) is 18.4. The molecule has 1 aromatic rings. The molecule has 18 heavy (non-hydrogen) atoms. The first kappa shape index (κ1) is 13.5. The van der Waals surface area contributed by atoms with E-state index in [1.165, 1.54) is 0 Å². The summed E-state index contributed by atoms with van der Waals surface area (Å²) in [6, 6.07) is 3.82. The predicted octanol–water partition coefficient (Wildman–Crippen LogP) is 3.04. The number of piperidine rings is 1. The Labute approximate surface area is 117 Å². The third-order valence-corrected chi connectivity index (χ3v) is 4.06. The van der Waals surface area contributed by atoms with E-state index in [0.29, 0.717) is 11.8 Å². The molecular weight excluding hydrogens is 292 g/mol. The second kappa shape index (κ2) is 5.39. The molecule has 4 heteroatoms. The molecule has 1 fully saturated rings. The Hall–Kier alpha value is -0.900. The van der Waals surface area contributed by atoms with Gasteiger partial charge < -0.3 is 4.90 Å². The van der Waals surface area contributed by atoms with Gasteiger partial charge in [0.15, 0.2) is 0 Å². The lowest BCUT2D eigenvalue weighted by molar-refractivity contribution is -0.132. The van der Waals surface area contributed by atoms with Gasteiger partial charge in [0, 0.05) is 29.5 Å². The van der Waals surface area contributed by atoms with Crippen LogP contribution in [0.5, 0.6) is 0 Å². The number of rotatable bonds is 2. The summed E-state index contributed by atoms with van der Waals surface area (Å²) in [6.45, 7) is 6.29. The van der Waals surface area contributed by atoms with Crippen molar-refractivity contribution in [3.05, 3.63) is 28.5 Å². The molecule has 0 bridgehead atoms. The topological polar surface area (TPSA) is 33.2 Å². The maximum absolute atomic E-state index is 12.1. The first-order chi connectivity index (χ1) is 8.46. The molecule has 1 amide bonds. The Morgan fingerprint density at radius 1 is 1.39 bits per heavy atom. The molecule has 0 spiro atoms. The lowest BCUT2D eigenvalue weighted by Gasteiger charge is -2.36. The van der Waals surface area contributed by atoms with Crippen LogP contribution in [-0.2, 0) is 11.2 Å². The Balaban J connectivity index is 1.91. The molecule has 1 aliphatic heterocycles. The van der Waals surface area contributed by atoms with Crippen molar-refractivity contribution in [1.29, 1.82) is 0 Å². The van der Waals surface area contributed by atoms with Crippen molar-refractivity contribution in [2.24, 2.45) is 5.41 Å². The van der Waals surface area contributed by atoms with E-state index in [9.17, 15) is 4.79 Å². The van der Waals surface area contributed by atoms with Crippen LogP contribution in [0.4, 0.5) is 0 Å². The molecule has 3 nitrogen and oxygen atoms in total. The highest BCUT2D eigenvalue weighted by Crippen LogP contribution is 2.29. The van der Waals surface area contributed by atoms with Crippen LogP contribution in [0.1, 0.15) is 32.4 Å². The highest BCUT2D eigenvalue weighted by molar-refractivity contribution is 9.10. The van der Waals surface area contributed by atoms with E-state index in [1.807, 2.05) is 17.0 Å². The van der Waals surface area contributed by atoms with Gasteiger partial charge in [-0.2, -0.15) is 0 Å². The molecule has 0 saturated carbocycles. The van der Waals surface area contributed by atoms with E-state index < -0.39 is 0 Å². The van der Waals surface area contributed by atoms with E-state index in [-0.39, 0.29) is 5.91 Å². The number of hydrogen-bond donors (Lipinski definition) is 0. The molecule has 0 radical (unpaired) electrons. The van der Waals surface area contributed by atoms with Gasteiger partial charge in [-0.05, 0) is 46.3 Å². The molecule has 0 N–H and O–H groups in total. The van der Waals surface area contributed by atoms with Crippen LogP contribution in [0.2, 0.25) is 0 Å². The molecule has 98 valence electrons. The van der Waals surface area contributed by atoms with Crippen LogP contribution in [0.15, 0.2) is 22.8 Å². The van der Waals surface area contributed by atoms with Crippen LogP contribution in [0.25, 0.3) is 0 Å². The molecular formula is C14H19BrN2O. The zero-order chi connectivity index (χ0) is 13.2. The molecule has 1 saturated heterocycles. The normalized spacial score (nSPS) is 18.7. The first-order valence-corrected chi connectivity index (χ1v) is 7.14. The van der Waals surface area contributed by atoms with Gasteiger partial charge in [-0.3, -0.25) is 9.78 Å². The van der Waals surface area contributed by atoms with Gasteiger partial charge >= 0.3 is 0 Å². The highest BCUT2D eigenvalue weighted by Gasteiger charge is 2.27. The number of amides is 1. The van der Waals surface area contributed by atoms with Crippen LogP contribution in [0, 0.1) is 5.41 Å². The summed E-state index contributed by atoms with van der Waals surface area (Å²) in [5.41, 5.74) is 1.22. The van der Waals surface area contributed by atoms with Crippen molar-refractivity contribution < 1.29 is 4.79 Å². The molecule has 0 unspecified atom stereocenters. The number of hydrogen-bond acceptors (Lipinski definition) is 2. The summed E-state index contributed by atoms with van der Waals surface area (Å²) >= 11 is 3.34. The van der Waals surface area contributed by atoms with Crippen LogP contribution in [-0.4, -0.2) is 28.9 Å². The second-order valence-corrected chi connectivity index (χ2v) is 6.61. The smallest absolute Gasteiger partial charge is 0.228 e. The van der Waals surface area contributed by atoms with Crippen molar-refractivity contribution in [2.45, 2.75) is 33.1 Å². The van der Waals surface area contributed by atoms with Crippen molar-refractivity contribution in [3.63, 3.8) is 0 Å². The summed E-state index contributed by atoms with van der Waals surface area (Å²) in [5, 5.41) is 0. The van der Waals surface area contributed by atoms with Gasteiger partial charge in [-0.25, -0.2) is 0 Å². The summed E-state index contributed by atoms with van der Waals surface area (Å²) in [5.74, 6) is 0.195. The van der Waals surface area contributed by atoms with E-state index in [2.05, 4.69) is 34.8 Å². The van der Waals surface area contributed by atoms with E-state index >= 15 is 0 Å². The maximum Gasteiger partial charge on any atom is 0.228 e. The van der Waals surface area contributed by atoms with E-state index in [0.717, 1.165) is 36.1 Å². The third kappa shape index (κ3) is 3.55. The Bertz CT molecular complexity index is 418. The lowest BCUT2D eigenvalue weighted by atomic mass is 9.82. The quantitative estimate of drug-likeness (QED) is 0.841. The number of pyridine rings is 1. The van der Waals surface area contributed by atoms with Crippen molar-refractivity contribution in [3.8, 4) is 0 Å². The van der Waals surface area contributed by atoms with Crippen LogP contribution in [0.3, 0.4) is 0 Å². The van der Waals surface area contributed by atoms with Gasteiger partial charge in [0.25, 0.3) is 0 Å². The monoisotopic (exact) mass is 310 g/mol. The summed E-state index contributed by atoms with van der Waals surface area (Å²) in [7, 11) is 0. The molecule has 2 heterocycles. The molecule has 2 rings (SSSR count). The number of nitrogens with zero attached hydrogens (tertiary/aromatic N) is 2. The zero-order valence-electron chi connectivity index (χ0n) is 10.9. The van der Waals surface area contributed by atoms with Crippen molar-refractivity contribution in [1.82, 2.24) is 9.88 Å². The molecule has 1 aromatic heterocycles. The SMILES string of the molecule is CC1(C)CCN(C(=O)Cc2ccc(Br)cn2)CC1. The predicted molar refractivity (Wildman–Crippen MR) is 75.2 cm³/mol. The van der Waals surface area contributed by atoms with Crippen molar-refractivity contribution in [2.75, 3.05) is 13.1 Å². The molecule has 0 atom stereocenters. The number of carbonyl (C=O) groups excluding carboxylic acids is 1. The number of aromatic nitrogens is 1. The van der Waals surface area contributed by atoms with Crippen LogP contribution >= 0.6 is 15.9 Å². The average molecular weight is 311 g/mol. The second-order valence-electron chi connectivity index (χ2n) is 5.69. The Kier molecular flexibility index (Phi) is 4.05. The maximum atomic E-state index is 12.1. The zero-order valence-corrected chi connectivity index (χ0v) is 12.5. The standard InChI is InChI=1S/C14H19BrN2O/c1-14(2)5-7-17(8-6-14)13(18)9-12-4-3-11(15)10-16-12/h3-4,10H,5-9H2,1-2H3. The van der Waals surface area contributed by atoms with Gasteiger partial charge in [-0.1, -0.05) is 13.8 Å².